The van der Waals surface area contributed by atoms with Gasteiger partial charge in [-0.2, -0.15) is 5.10 Å². The minimum absolute atomic E-state index is 0.0170. The van der Waals surface area contributed by atoms with Crippen LogP contribution in [0, 0.1) is 19.8 Å². The molecule has 2 aromatic heterocycles. The van der Waals surface area contributed by atoms with Crippen LogP contribution in [0.25, 0.3) is 11.9 Å². The maximum absolute atomic E-state index is 12.7. The third-order valence-electron chi connectivity index (χ3n) is 5.64. The number of hydrogen-bond acceptors (Lipinski definition) is 4. The van der Waals surface area contributed by atoms with Gasteiger partial charge in [-0.05, 0) is 56.5 Å². The van der Waals surface area contributed by atoms with E-state index in [0.717, 1.165) is 17.0 Å². The molecule has 0 atom stereocenters. The van der Waals surface area contributed by atoms with E-state index in [0.29, 0.717) is 37.4 Å². The summed E-state index contributed by atoms with van der Waals surface area (Å²) in [6.45, 7) is 5.07. The summed E-state index contributed by atoms with van der Waals surface area (Å²) in [6, 6.07) is 15.4. The van der Waals surface area contributed by atoms with E-state index in [1.54, 1.807) is 21.9 Å². The maximum atomic E-state index is 12.7. The van der Waals surface area contributed by atoms with Crippen molar-refractivity contribution in [3.05, 3.63) is 77.8 Å². The predicted octanol–water partition coefficient (Wildman–Crippen LogP) is 3.77. The van der Waals surface area contributed by atoms with Gasteiger partial charge >= 0.3 is 0 Å². The van der Waals surface area contributed by atoms with Crippen LogP contribution in [0.1, 0.15) is 29.8 Å². The molecule has 1 N–H and O–H groups in total. The van der Waals surface area contributed by atoms with Crippen LogP contribution in [0.4, 0.5) is 5.69 Å². The number of carbonyl (C=O) groups is 2. The third kappa shape index (κ3) is 5.11. The molecule has 4 rings (SSSR count). The maximum Gasteiger partial charge on any atom is 0.246 e. The van der Waals surface area contributed by atoms with Gasteiger partial charge in [-0.25, -0.2) is 9.67 Å². The second-order valence-corrected chi connectivity index (χ2v) is 8.08. The van der Waals surface area contributed by atoms with Crippen molar-refractivity contribution in [2.75, 3.05) is 18.4 Å². The summed E-state index contributed by atoms with van der Waals surface area (Å²) in [5.74, 6) is 0.547. The summed E-state index contributed by atoms with van der Waals surface area (Å²) in [6.07, 6.45) is 6.37. The molecule has 164 valence electrons. The Balaban J connectivity index is 1.28. The zero-order chi connectivity index (χ0) is 22.5. The number of carbonyl (C=O) groups excluding carboxylic acids is 2. The van der Waals surface area contributed by atoms with Gasteiger partial charge in [0.25, 0.3) is 0 Å². The smallest absolute Gasteiger partial charge is 0.246 e. The molecule has 0 spiro atoms. The predicted molar refractivity (Wildman–Crippen MR) is 124 cm³/mol. The summed E-state index contributed by atoms with van der Waals surface area (Å²) < 4.78 is 1.78. The van der Waals surface area contributed by atoms with Gasteiger partial charge in [0.05, 0.1) is 17.6 Å². The zero-order valence-electron chi connectivity index (χ0n) is 18.4. The molecule has 0 aliphatic carbocycles. The minimum Gasteiger partial charge on any atom is -0.339 e. The van der Waals surface area contributed by atoms with Gasteiger partial charge in [0.15, 0.2) is 5.82 Å². The van der Waals surface area contributed by atoms with E-state index in [1.165, 1.54) is 0 Å². The van der Waals surface area contributed by atoms with Crippen LogP contribution in [-0.4, -0.2) is 44.6 Å². The SMILES string of the molecule is Cc1cc(C)n(-c2ccc(NC(=O)C3CCN(C(=O)/C=C/c4ccccc4)CC3)cn2)n1. The van der Waals surface area contributed by atoms with Crippen LogP contribution in [-0.2, 0) is 9.59 Å². The number of rotatable bonds is 5. The molecule has 7 nitrogen and oxygen atoms in total. The molecule has 1 aliphatic rings. The van der Waals surface area contributed by atoms with Crippen LogP contribution in [0.3, 0.4) is 0 Å². The molecule has 32 heavy (non-hydrogen) atoms. The quantitative estimate of drug-likeness (QED) is 0.626. The average Bonchev–Trinajstić information content (AvgIpc) is 3.16. The topological polar surface area (TPSA) is 80.1 Å². The Bertz CT molecular complexity index is 1110. The Kier molecular flexibility index (Phi) is 6.44. The Labute approximate surface area is 187 Å². The molecule has 0 bridgehead atoms. The molecule has 1 saturated heterocycles. The first-order valence-electron chi connectivity index (χ1n) is 10.8. The molecule has 1 aromatic carbocycles. The van der Waals surface area contributed by atoms with Crippen LogP contribution in [0.15, 0.2) is 60.8 Å². The molecule has 1 aliphatic heterocycles. The number of hydrogen-bond donors (Lipinski definition) is 1. The van der Waals surface area contributed by atoms with Crippen LogP contribution in [0.5, 0.6) is 0 Å². The number of amides is 2. The first kappa shape index (κ1) is 21.5. The van der Waals surface area contributed by atoms with E-state index in [-0.39, 0.29) is 17.7 Å². The minimum atomic E-state index is -0.118. The Hall–Kier alpha value is -3.74. The van der Waals surface area contributed by atoms with E-state index in [4.69, 9.17) is 0 Å². The molecule has 0 unspecified atom stereocenters. The number of nitrogens with one attached hydrogen (secondary N) is 1. The highest BCUT2D eigenvalue weighted by molar-refractivity contribution is 5.94. The Morgan fingerprint density at radius 3 is 2.44 bits per heavy atom. The van der Waals surface area contributed by atoms with E-state index in [1.807, 2.05) is 68.5 Å². The van der Waals surface area contributed by atoms with E-state index < -0.39 is 0 Å². The number of benzene rings is 1. The van der Waals surface area contributed by atoms with E-state index >= 15 is 0 Å². The van der Waals surface area contributed by atoms with Gasteiger partial charge in [-0.3, -0.25) is 9.59 Å². The number of piperidine rings is 1. The molecule has 0 radical (unpaired) electrons. The lowest BCUT2D eigenvalue weighted by atomic mass is 9.95. The van der Waals surface area contributed by atoms with Crippen molar-refractivity contribution >= 4 is 23.6 Å². The Morgan fingerprint density at radius 2 is 1.81 bits per heavy atom. The van der Waals surface area contributed by atoms with E-state index in [9.17, 15) is 9.59 Å². The first-order valence-corrected chi connectivity index (χ1v) is 10.8. The lowest BCUT2D eigenvalue weighted by Gasteiger charge is -2.30. The highest BCUT2D eigenvalue weighted by Crippen LogP contribution is 2.20. The Morgan fingerprint density at radius 1 is 1.06 bits per heavy atom. The van der Waals surface area contributed by atoms with Gasteiger partial charge < -0.3 is 10.2 Å². The average molecular weight is 430 g/mol. The highest BCUT2D eigenvalue weighted by atomic mass is 16.2. The summed E-state index contributed by atoms with van der Waals surface area (Å²) in [5, 5.41) is 7.38. The standard InChI is InChI=1S/C25H27N5O2/c1-18-16-19(2)30(28-18)23-10-9-22(17-26-23)27-25(32)21-12-14-29(15-13-21)24(31)11-8-20-6-4-3-5-7-20/h3-11,16-17,21H,12-15H2,1-2H3,(H,27,32)/b11-8+. The number of anilines is 1. The van der Waals surface area contributed by atoms with Crippen LogP contribution in [0.2, 0.25) is 0 Å². The van der Waals surface area contributed by atoms with Crippen molar-refractivity contribution in [3.63, 3.8) is 0 Å². The van der Waals surface area contributed by atoms with Gasteiger partial charge in [0.1, 0.15) is 0 Å². The monoisotopic (exact) mass is 429 g/mol. The number of aryl methyl sites for hydroxylation is 2. The van der Waals surface area contributed by atoms with Crippen molar-refractivity contribution in [2.45, 2.75) is 26.7 Å². The third-order valence-corrected chi connectivity index (χ3v) is 5.64. The second-order valence-electron chi connectivity index (χ2n) is 8.08. The fourth-order valence-electron chi connectivity index (χ4n) is 3.89. The van der Waals surface area contributed by atoms with Gasteiger partial charge in [-0.1, -0.05) is 30.3 Å². The molecular weight excluding hydrogens is 402 g/mol. The van der Waals surface area contributed by atoms with E-state index in [2.05, 4.69) is 15.4 Å². The molecule has 3 aromatic rings. The lowest BCUT2D eigenvalue weighted by molar-refractivity contribution is -0.130. The van der Waals surface area contributed by atoms with Crippen molar-refractivity contribution in [1.82, 2.24) is 19.7 Å². The number of aromatic nitrogens is 3. The highest BCUT2D eigenvalue weighted by Gasteiger charge is 2.26. The molecule has 7 heteroatoms. The largest absolute Gasteiger partial charge is 0.339 e. The zero-order valence-corrected chi connectivity index (χ0v) is 18.4. The summed E-state index contributed by atoms with van der Waals surface area (Å²) in [5.41, 5.74) is 3.59. The molecule has 1 fully saturated rings. The lowest BCUT2D eigenvalue weighted by Crippen LogP contribution is -2.40. The number of nitrogens with zero attached hydrogens (tertiary/aromatic N) is 4. The van der Waals surface area contributed by atoms with Gasteiger partial charge in [0.2, 0.25) is 11.8 Å². The molecule has 2 amide bonds. The first-order chi connectivity index (χ1) is 15.5. The summed E-state index contributed by atoms with van der Waals surface area (Å²) in [7, 11) is 0. The fourth-order valence-corrected chi connectivity index (χ4v) is 3.89. The van der Waals surface area contributed by atoms with Crippen molar-refractivity contribution < 1.29 is 9.59 Å². The van der Waals surface area contributed by atoms with Crippen LogP contribution >= 0.6 is 0 Å². The van der Waals surface area contributed by atoms with Gasteiger partial charge in [0, 0.05) is 30.8 Å². The molecule has 0 saturated carbocycles. The summed E-state index contributed by atoms with van der Waals surface area (Å²) in [4.78, 5) is 31.4. The fraction of sp³-hybridized carbons (Fsp3) is 0.280. The molecule has 3 heterocycles. The number of pyridine rings is 1. The van der Waals surface area contributed by atoms with Crippen molar-refractivity contribution in [2.24, 2.45) is 5.92 Å². The van der Waals surface area contributed by atoms with Crippen molar-refractivity contribution in [3.8, 4) is 5.82 Å². The summed E-state index contributed by atoms with van der Waals surface area (Å²) >= 11 is 0. The normalized spacial score (nSPS) is 14.6. The second kappa shape index (κ2) is 9.60. The number of likely N-dealkylation sites (tertiary alicyclic amines) is 1. The van der Waals surface area contributed by atoms with Gasteiger partial charge in [-0.15, -0.1) is 0 Å². The van der Waals surface area contributed by atoms with Crippen molar-refractivity contribution in [1.29, 1.82) is 0 Å². The molecular formula is C25H27N5O2. The van der Waals surface area contributed by atoms with Crippen LogP contribution < -0.4 is 5.32 Å².